The minimum absolute atomic E-state index is 0.309. The SMILES string of the molecule is COc1ccc(CCCN(C)c2ncnc(N)c2Cl)cc1. The Bertz CT molecular complexity index is 589. The molecule has 5 nitrogen and oxygen atoms in total. The van der Waals surface area contributed by atoms with Gasteiger partial charge in [-0.25, -0.2) is 9.97 Å². The van der Waals surface area contributed by atoms with E-state index in [1.54, 1.807) is 7.11 Å². The van der Waals surface area contributed by atoms with Gasteiger partial charge in [0.25, 0.3) is 0 Å². The van der Waals surface area contributed by atoms with Gasteiger partial charge in [0.1, 0.15) is 22.9 Å². The molecule has 0 atom stereocenters. The van der Waals surface area contributed by atoms with Crippen LogP contribution >= 0.6 is 11.6 Å². The molecule has 0 aliphatic carbocycles. The van der Waals surface area contributed by atoms with Crippen molar-refractivity contribution in [3.63, 3.8) is 0 Å². The topological polar surface area (TPSA) is 64.3 Å². The number of hydrogen-bond acceptors (Lipinski definition) is 5. The molecule has 1 aromatic carbocycles. The van der Waals surface area contributed by atoms with Crippen molar-refractivity contribution in [3.8, 4) is 5.75 Å². The summed E-state index contributed by atoms with van der Waals surface area (Å²) in [7, 11) is 3.61. The van der Waals surface area contributed by atoms with Crippen LogP contribution in [-0.4, -0.2) is 30.7 Å². The summed E-state index contributed by atoms with van der Waals surface area (Å²) in [6.07, 6.45) is 3.39. The first kappa shape index (κ1) is 15.4. The first-order valence-corrected chi connectivity index (χ1v) is 7.09. The summed E-state index contributed by atoms with van der Waals surface area (Å²) in [4.78, 5) is 10.0. The number of aryl methyl sites for hydroxylation is 1. The zero-order valence-electron chi connectivity index (χ0n) is 12.2. The van der Waals surface area contributed by atoms with Crippen LogP contribution in [0.25, 0.3) is 0 Å². The van der Waals surface area contributed by atoms with E-state index >= 15 is 0 Å². The van der Waals surface area contributed by atoms with Crippen molar-refractivity contribution in [2.45, 2.75) is 12.8 Å². The van der Waals surface area contributed by atoms with Crippen LogP contribution in [0.1, 0.15) is 12.0 Å². The summed E-state index contributed by atoms with van der Waals surface area (Å²) in [5.74, 6) is 1.85. The Labute approximate surface area is 129 Å². The summed E-state index contributed by atoms with van der Waals surface area (Å²) < 4.78 is 5.15. The van der Waals surface area contributed by atoms with Gasteiger partial charge in [-0.3, -0.25) is 0 Å². The number of rotatable bonds is 6. The third-order valence-electron chi connectivity index (χ3n) is 3.28. The maximum atomic E-state index is 6.11. The monoisotopic (exact) mass is 306 g/mol. The van der Waals surface area contributed by atoms with E-state index < -0.39 is 0 Å². The summed E-state index contributed by atoms with van der Waals surface area (Å²) in [6.45, 7) is 0.836. The minimum Gasteiger partial charge on any atom is -0.497 e. The van der Waals surface area contributed by atoms with E-state index in [2.05, 4.69) is 22.1 Å². The third-order valence-corrected chi connectivity index (χ3v) is 3.64. The molecule has 0 saturated carbocycles. The second-order valence-electron chi connectivity index (χ2n) is 4.77. The van der Waals surface area contributed by atoms with Crippen LogP contribution in [0.5, 0.6) is 5.75 Å². The number of aromatic nitrogens is 2. The number of methoxy groups -OCH3 is 1. The molecule has 0 unspecified atom stereocenters. The Kier molecular flexibility index (Phi) is 5.22. The van der Waals surface area contributed by atoms with Crippen LogP contribution in [0.15, 0.2) is 30.6 Å². The zero-order valence-corrected chi connectivity index (χ0v) is 13.0. The average molecular weight is 307 g/mol. The number of benzene rings is 1. The van der Waals surface area contributed by atoms with Crippen LogP contribution in [-0.2, 0) is 6.42 Å². The molecule has 6 heteroatoms. The Morgan fingerprint density at radius 1 is 1.24 bits per heavy atom. The quantitative estimate of drug-likeness (QED) is 0.889. The largest absolute Gasteiger partial charge is 0.497 e. The summed E-state index contributed by atoms with van der Waals surface area (Å²) in [5, 5.41) is 0.407. The second-order valence-corrected chi connectivity index (χ2v) is 5.15. The number of ether oxygens (including phenoxy) is 1. The van der Waals surface area contributed by atoms with Gasteiger partial charge >= 0.3 is 0 Å². The van der Waals surface area contributed by atoms with Crippen LogP contribution in [0, 0.1) is 0 Å². The Hall–Kier alpha value is -2.01. The number of nitrogens with two attached hydrogens (primary N) is 1. The first-order chi connectivity index (χ1) is 10.1. The smallest absolute Gasteiger partial charge is 0.152 e. The molecular formula is C15H19ClN4O. The molecule has 0 aliphatic rings. The molecule has 2 rings (SSSR count). The van der Waals surface area contributed by atoms with Gasteiger partial charge in [-0.05, 0) is 30.5 Å². The predicted molar refractivity (Wildman–Crippen MR) is 86.0 cm³/mol. The number of nitrogen functional groups attached to an aromatic ring is 1. The molecule has 0 amide bonds. The molecule has 0 bridgehead atoms. The molecule has 2 aromatic rings. The van der Waals surface area contributed by atoms with E-state index in [0.29, 0.717) is 16.7 Å². The lowest BCUT2D eigenvalue weighted by atomic mass is 10.1. The van der Waals surface area contributed by atoms with Crippen LogP contribution in [0.2, 0.25) is 5.02 Å². The number of hydrogen-bond donors (Lipinski definition) is 1. The van der Waals surface area contributed by atoms with Gasteiger partial charge < -0.3 is 15.4 Å². The van der Waals surface area contributed by atoms with E-state index in [9.17, 15) is 0 Å². The summed E-state index contributed by atoms with van der Waals surface area (Å²) in [5.41, 5.74) is 6.96. The fourth-order valence-electron chi connectivity index (χ4n) is 2.06. The average Bonchev–Trinajstić information content (AvgIpc) is 2.50. The van der Waals surface area contributed by atoms with Crippen molar-refractivity contribution in [2.75, 3.05) is 31.3 Å². The summed E-state index contributed by atoms with van der Waals surface area (Å²) >= 11 is 6.11. The van der Waals surface area contributed by atoms with Crippen molar-refractivity contribution in [1.82, 2.24) is 9.97 Å². The molecule has 0 spiro atoms. The molecule has 0 aliphatic heterocycles. The number of anilines is 2. The molecule has 21 heavy (non-hydrogen) atoms. The molecule has 0 radical (unpaired) electrons. The van der Waals surface area contributed by atoms with E-state index in [0.717, 1.165) is 25.1 Å². The van der Waals surface area contributed by atoms with Crippen LogP contribution in [0.3, 0.4) is 0 Å². The van der Waals surface area contributed by atoms with Crippen molar-refractivity contribution >= 4 is 23.2 Å². The molecule has 0 saturated heterocycles. The highest BCUT2D eigenvalue weighted by molar-refractivity contribution is 6.35. The standard InChI is InChI=1S/C15H19ClN4O/c1-20(15-13(16)14(17)18-10-19-15)9-3-4-11-5-7-12(21-2)8-6-11/h5-8,10H,3-4,9H2,1-2H3,(H2,17,18,19). The maximum absolute atomic E-state index is 6.11. The third kappa shape index (κ3) is 3.98. The molecule has 112 valence electrons. The highest BCUT2D eigenvalue weighted by atomic mass is 35.5. The summed E-state index contributed by atoms with van der Waals surface area (Å²) in [6, 6.07) is 8.10. The van der Waals surface area contributed by atoms with E-state index in [1.165, 1.54) is 11.9 Å². The number of nitrogens with zero attached hydrogens (tertiary/aromatic N) is 3. The van der Waals surface area contributed by atoms with E-state index in [-0.39, 0.29) is 0 Å². The number of halogens is 1. The van der Waals surface area contributed by atoms with Gasteiger partial charge in [0, 0.05) is 13.6 Å². The van der Waals surface area contributed by atoms with Crippen molar-refractivity contribution < 1.29 is 4.74 Å². The van der Waals surface area contributed by atoms with Crippen molar-refractivity contribution in [2.24, 2.45) is 0 Å². The Morgan fingerprint density at radius 3 is 2.62 bits per heavy atom. The first-order valence-electron chi connectivity index (χ1n) is 6.72. The van der Waals surface area contributed by atoms with Crippen molar-refractivity contribution in [1.29, 1.82) is 0 Å². The molecule has 1 aromatic heterocycles. The molecule has 1 heterocycles. The maximum Gasteiger partial charge on any atom is 0.152 e. The van der Waals surface area contributed by atoms with E-state index in [1.807, 2.05) is 24.1 Å². The van der Waals surface area contributed by atoms with Crippen LogP contribution < -0.4 is 15.4 Å². The van der Waals surface area contributed by atoms with E-state index in [4.69, 9.17) is 22.1 Å². The van der Waals surface area contributed by atoms with Gasteiger partial charge in [0.2, 0.25) is 0 Å². The normalized spacial score (nSPS) is 10.4. The minimum atomic E-state index is 0.309. The second kappa shape index (κ2) is 7.13. The lowest BCUT2D eigenvalue weighted by Gasteiger charge is -2.19. The molecule has 0 fully saturated rings. The molecular weight excluding hydrogens is 288 g/mol. The fourth-order valence-corrected chi connectivity index (χ4v) is 2.30. The Balaban J connectivity index is 1.89. The molecule has 2 N–H and O–H groups in total. The fraction of sp³-hybridized carbons (Fsp3) is 0.333. The van der Waals surface area contributed by atoms with Gasteiger partial charge in [-0.15, -0.1) is 0 Å². The van der Waals surface area contributed by atoms with Gasteiger partial charge in [0.05, 0.1) is 7.11 Å². The van der Waals surface area contributed by atoms with Gasteiger partial charge in [0.15, 0.2) is 5.82 Å². The van der Waals surface area contributed by atoms with Gasteiger partial charge in [-0.1, -0.05) is 23.7 Å². The Morgan fingerprint density at radius 2 is 1.95 bits per heavy atom. The van der Waals surface area contributed by atoms with Crippen LogP contribution in [0.4, 0.5) is 11.6 Å². The lowest BCUT2D eigenvalue weighted by Crippen LogP contribution is -2.21. The predicted octanol–water partition coefficient (Wildman–Crippen LogP) is 2.79. The van der Waals surface area contributed by atoms with Crippen molar-refractivity contribution in [3.05, 3.63) is 41.2 Å². The lowest BCUT2D eigenvalue weighted by molar-refractivity contribution is 0.414. The van der Waals surface area contributed by atoms with Gasteiger partial charge in [-0.2, -0.15) is 0 Å². The highest BCUT2D eigenvalue weighted by Gasteiger charge is 2.10. The zero-order chi connectivity index (χ0) is 15.2. The highest BCUT2D eigenvalue weighted by Crippen LogP contribution is 2.26.